The van der Waals surface area contributed by atoms with Crippen molar-refractivity contribution >= 4 is 12.1 Å². The van der Waals surface area contributed by atoms with Crippen LogP contribution in [0.2, 0.25) is 0 Å². The second-order valence-corrected chi connectivity index (χ2v) is 7.91. The number of nitrogens with zero attached hydrogens (tertiary/aromatic N) is 1. The Labute approximate surface area is 160 Å². The van der Waals surface area contributed by atoms with Crippen LogP contribution in [-0.2, 0) is 11.4 Å². The van der Waals surface area contributed by atoms with E-state index < -0.39 is 0 Å². The second kappa shape index (κ2) is 7.55. The van der Waals surface area contributed by atoms with Crippen molar-refractivity contribution in [2.24, 2.45) is 22.4 Å². The molecule has 2 aromatic rings. The van der Waals surface area contributed by atoms with Crippen LogP contribution >= 0.6 is 0 Å². The molecule has 2 aliphatic rings. The van der Waals surface area contributed by atoms with E-state index in [0.29, 0.717) is 12.5 Å². The summed E-state index contributed by atoms with van der Waals surface area (Å²) in [7, 11) is 0. The first-order valence-corrected chi connectivity index (χ1v) is 9.76. The predicted octanol–water partition coefficient (Wildman–Crippen LogP) is 4.54. The zero-order valence-corrected chi connectivity index (χ0v) is 15.7. The third-order valence-electron chi connectivity index (χ3n) is 6.13. The average molecular weight is 362 g/mol. The summed E-state index contributed by atoms with van der Waals surface area (Å²) in [6.07, 6.45) is 6.55. The lowest BCUT2D eigenvalue weighted by Gasteiger charge is -2.15. The maximum Gasteiger partial charge on any atom is 0.244 e. The van der Waals surface area contributed by atoms with Gasteiger partial charge in [-0.15, -0.1) is 0 Å². The summed E-state index contributed by atoms with van der Waals surface area (Å²) in [6.45, 7) is 2.80. The van der Waals surface area contributed by atoms with Crippen LogP contribution in [0.4, 0.5) is 0 Å². The molecule has 140 valence electrons. The van der Waals surface area contributed by atoms with Crippen LogP contribution in [0.5, 0.6) is 5.75 Å². The summed E-state index contributed by atoms with van der Waals surface area (Å²) in [6, 6.07) is 17.8. The molecule has 4 heteroatoms. The third-order valence-corrected chi connectivity index (χ3v) is 6.13. The highest BCUT2D eigenvalue weighted by molar-refractivity contribution is 5.85. The lowest BCUT2D eigenvalue weighted by atomic mass is 9.90. The van der Waals surface area contributed by atoms with Crippen LogP contribution in [0.25, 0.3) is 0 Å². The van der Waals surface area contributed by atoms with E-state index in [9.17, 15) is 4.79 Å². The molecule has 0 spiro atoms. The van der Waals surface area contributed by atoms with Gasteiger partial charge in [0.25, 0.3) is 0 Å². The highest BCUT2D eigenvalue weighted by atomic mass is 16.5. The van der Waals surface area contributed by atoms with Crippen LogP contribution < -0.4 is 10.2 Å². The second-order valence-electron chi connectivity index (χ2n) is 7.91. The number of hydrogen-bond donors (Lipinski definition) is 1. The molecule has 27 heavy (non-hydrogen) atoms. The van der Waals surface area contributed by atoms with Crippen molar-refractivity contribution in [3.05, 3.63) is 65.7 Å². The fourth-order valence-corrected chi connectivity index (χ4v) is 4.48. The normalized spacial score (nSPS) is 26.4. The number of hydrazone groups is 1. The van der Waals surface area contributed by atoms with Gasteiger partial charge in [-0.2, -0.15) is 5.10 Å². The van der Waals surface area contributed by atoms with E-state index in [-0.39, 0.29) is 17.2 Å². The van der Waals surface area contributed by atoms with Crippen molar-refractivity contribution in [1.82, 2.24) is 5.43 Å². The number of benzene rings is 2. The van der Waals surface area contributed by atoms with E-state index in [1.54, 1.807) is 6.21 Å². The molecule has 0 saturated heterocycles. The summed E-state index contributed by atoms with van der Waals surface area (Å²) in [5.41, 5.74) is 5.02. The molecular weight excluding hydrogens is 336 g/mol. The standard InChI is InChI=1S/C23H26N2O2/c1-23-14-6-5-9-20(23)21(23)22(26)25-24-15-17-10-12-19(13-11-17)27-16-18-7-3-2-4-8-18/h2-4,7-8,10-13,15,20-21H,5-6,9,14,16H2,1H3,(H,25,26)/b24-15+/t20-,21-,23-/m0/s1. The lowest BCUT2D eigenvalue weighted by molar-refractivity contribution is -0.123. The van der Waals surface area contributed by atoms with Gasteiger partial charge in [0.1, 0.15) is 12.4 Å². The van der Waals surface area contributed by atoms with Crippen molar-refractivity contribution in [3.8, 4) is 5.75 Å². The van der Waals surface area contributed by atoms with Gasteiger partial charge in [-0.25, -0.2) is 5.43 Å². The molecule has 3 atom stereocenters. The molecule has 0 radical (unpaired) electrons. The van der Waals surface area contributed by atoms with Gasteiger partial charge in [-0.3, -0.25) is 4.79 Å². The number of ether oxygens (including phenoxy) is 1. The number of carbonyl (C=O) groups is 1. The molecule has 0 unspecified atom stereocenters. The third kappa shape index (κ3) is 3.90. The molecule has 2 aromatic carbocycles. The summed E-state index contributed by atoms with van der Waals surface area (Å²) >= 11 is 0. The molecule has 0 aliphatic heterocycles. The minimum atomic E-state index is 0.0727. The minimum Gasteiger partial charge on any atom is -0.489 e. The molecule has 0 bridgehead atoms. The van der Waals surface area contributed by atoms with Crippen LogP contribution in [-0.4, -0.2) is 12.1 Å². The van der Waals surface area contributed by atoms with Gasteiger partial charge in [-0.1, -0.05) is 50.1 Å². The Morgan fingerprint density at radius 1 is 1.19 bits per heavy atom. The molecule has 4 nitrogen and oxygen atoms in total. The monoisotopic (exact) mass is 362 g/mol. The molecule has 0 heterocycles. The topological polar surface area (TPSA) is 50.7 Å². The Kier molecular flexibility index (Phi) is 4.97. The summed E-state index contributed by atoms with van der Waals surface area (Å²) in [5, 5.41) is 4.15. The van der Waals surface area contributed by atoms with Gasteiger partial charge in [0, 0.05) is 5.92 Å². The smallest absolute Gasteiger partial charge is 0.244 e. The SMILES string of the molecule is C[C@]12CCCC[C@H]1[C@H]2C(=O)N/N=C/c1ccc(OCc2ccccc2)cc1. The van der Waals surface area contributed by atoms with E-state index in [4.69, 9.17) is 4.74 Å². The molecule has 1 N–H and O–H groups in total. The summed E-state index contributed by atoms with van der Waals surface area (Å²) < 4.78 is 5.78. The molecule has 2 aliphatic carbocycles. The van der Waals surface area contributed by atoms with E-state index in [1.165, 1.54) is 25.7 Å². The molecule has 2 saturated carbocycles. The quantitative estimate of drug-likeness (QED) is 0.606. The van der Waals surface area contributed by atoms with E-state index in [2.05, 4.69) is 17.5 Å². The zero-order valence-electron chi connectivity index (χ0n) is 15.7. The predicted molar refractivity (Wildman–Crippen MR) is 107 cm³/mol. The number of amides is 1. The van der Waals surface area contributed by atoms with E-state index in [1.807, 2.05) is 54.6 Å². The largest absolute Gasteiger partial charge is 0.489 e. The fraction of sp³-hybridized carbons (Fsp3) is 0.391. The van der Waals surface area contributed by atoms with Gasteiger partial charge < -0.3 is 4.74 Å². The number of nitrogens with one attached hydrogen (secondary N) is 1. The van der Waals surface area contributed by atoms with Gasteiger partial charge in [0.15, 0.2) is 0 Å². The van der Waals surface area contributed by atoms with Crippen molar-refractivity contribution in [3.63, 3.8) is 0 Å². The molecular formula is C23H26N2O2. The number of hydrogen-bond acceptors (Lipinski definition) is 3. The van der Waals surface area contributed by atoms with Gasteiger partial charge in [0.2, 0.25) is 5.91 Å². The Morgan fingerprint density at radius 2 is 1.96 bits per heavy atom. The first kappa shape index (κ1) is 17.8. The van der Waals surface area contributed by atoms with E-state index in [0.717, 1.165) is 16.9 Å². The number of fused-ring (bicyclic) bond motifs is 1. The fourth-order valence-electron chi connectivity index (χ4n) is 4.48. The summed E-state index contributed by atoms with van der Waals surface area (Å²) in [4.78, 5) is 12.4. The Balaban J connectivity index is 1.26. The highest BCUT2D eigenvalue weighted by Crippen LogP contribution is 2.66. The zero-order chi connectivity index (χ0) is 18.7. The Hall–Kier alpha value is -2.62. The molecule has 0 aromatic heterocycles. The maximum atomic E-state index is 12.4. The Morgan fingerprint density at radius 3 is 2.67 bits per heavy atom. The van der Waals surface area contributed by atoms with Crippen LogP contribution in [0, 0.1) is 17.3 Å². The van der Waals surface area contributed by atoms with Crippen LogP contribution in [0.3, 0.4) is 0 Å². The summed E-state index contributed by atoms with van der Waals surface area (Å²) in [5.74, 6) is 1.59. The first-order valence-electron chi connectivity index (χ1n) is 9.76. The van der Waals surface area contributed by atoms with Crippen molar-refractivity contribution in [2.45, 2.75) is 39.2 Å². The highest BCUT2D eigenvalue weighted by Gasteiger charge is 2.64. The van der Waals surface area contributed by atoms with Crippen LogP contribution in [0.15, 0.2) is 59.7 Å². The van der Waals surface area contributed by atoms with Crippen molar-refractivity contribution < 1.29 is 9.53 Å². The van der Waals surface area contributed by atoms with Gasteiger partial charge >= 0.3 is 0 Å². The Bertz CT molecular complexity index is 816. The van der Waals surface area contributed by atoms with Gasteiger partial charge in [-0.05, 0) is 59.6 Å². The van der Waals surface area contributed by atoms with Crippen LogP contribution in [0.1, 0.15) is 43.7 Å². The molecule has 1 amide bonds. The average Bonchev–Trinajstić information content (AvgIpc) is 3.33. The van der Waals surface area contributed by atoms with E-state index >= 15 is 0 Å². The van der Waals surface area contributed by atoms with Gasteiger partial charge in [0.05, 0.1) is 6.21 Å². The molecule has 2 fully saturated rings. The molecule has 4 rings (SSSR count). The number of carbonyl (C=O) groups excluding carboxylic acids is 1. The maximum absolute atomic E-state index is 12.4. The first-order chi connectivity index (χ1) is 13.2. The van der Waals surface area contributed by atoms with Crippen molar-refractivity contribution in [1.29, 1.82) is 0 Å². The lowest BCUT2D eigenvalue weighted by Crippen LogP contribution is -2.22. The number of rotatable bonds is 6. The van der Waals surface area contributed by atoms with Crippen molar-refractivity contribution in [2.75, 3.05) is 0 Å². The minimum absolute atomic E-state index is 0.0727.